The summed E-state index contributed by atoms with van der Waals surface area (Å²) >= 11 is 0. The average Bonchev–Trinajstić information content (AvgIpc) is 2.36. The second kappa shape index (κ2) is 7.04. The Morgan fingerprint density at radius 1 is 1.17 bits per heavy atom. The van der Waals surface area contributed by atoms with Crippen LogP contribution < -0.4 is 4.74 Å². The van der Waals surface area contributed by atoms with E-state index in [0.29, 0.717) is 17.2 Å². The number of carbonyl (C=O) groups excluding carboxylic acids is 1. The van der Waals surface area contributed by atoms with Gasteiger partial charge in [-0.2, -0.15) is 0 Å². The van der Waals surface area contributed by atoms with E-state index in [1.54, 1.807) is 25.3 Å². The maximum absolute atomic E-state index is 12.0. The first-order valence-electron chi connectivity index (χ1n) is 6.38. The number of esters is 1. The third-order valence-corrected chi connectivity index (χ3v) is 2.79. The van der Waals surface area contributed by atoms with Crippen molar-refractivity contribution in [1.29, 1.82) is 0 Å². The lowest BCUT2D eigenvalue weighted by atomic mass is 10.1. The molecular formula is C15H22O3. The first-order chi connectivity index (χ1) is 8.54. The molecule has 1 aromatic carbocycles. The van der Waals surface area contributed by atoms with Crippen molar-refractivity contribution in [3.05, 3.63) is 29.8 Å². The Morgan fingerprint density at radius 2 is 1.83 bits per heavy atom. The van der Waals surface area contributed by atoms with Gasteiger partial charge in [0.1, 0.15) is 11.3 Å². The van der Waals surface area contributed by atoms with E-state index in [4.69, 9.17) is 9.47 Å². The van der Waals surface area contributed by atoms with Gasteiger partial charge in [-0.15, -0.1) is 0 Å². The fourth-order valence-electron chi connectivity index (χ4n) is 1.69. The molecule has 0 heterocycles. The van der Waals surface area contributed by atoms with Crippen LogP contribution in [0.25, 0.3) is 0 Å². The highest BCUT2D eigenvalue weighted by molar-refractivity contribution is 5.92. The monoisotopic (exact) mass is 250 g/mol. The summed E-state index contributed by atoms with van der Waals surface area (Å²) < 4.78 is 10.6. The maximum Gasteiger partial charge on any atom is 0.342 e. The number of carbonyl (C=O) groups is 1. The molecule has 0 radical (unpaired) electrons. The number of ether oxygens (including phenoxy) is 2. The maximum atomic E-state index is 12.0. The molecule has 0 amide bonds. The zero-order valence-electron chi connectivity index (χ0n) is 11.6. The zero-order chi connectivity index (χ0) is 13.5. The molecule has 3 nitrogen and oxygen atoms in total. The summed E-state index contributed by atoms with van der Waals surface area (Å²) in [5, 5.41) is 0. The van der Waals surface area contributed by atoms with Gasteiger partial charge in [0.2, 0.25) is 0 Å². The number of rotatable bonds is 6. The van der Waals surface area contributed by atoms with Crippen LogP contribution >= 0.6 is 0 Å². The van der Waals surface area contributed by atoms with Gasteiger partial charge in [-0.25, -0.2) is 4.79 Å². The van der Waals surface area contributed by atoms with Crippen molar-refractivity contribution in [2.75, 3.05) is 7.11 Å². The second-order valence-corrected chi connectivity index (χ2v) is 4.89. The molecule has 0 saturated carbocycles. The molecule has 0 N–H and O–H groups in total. The molecule has 3 heteroatoms. The van der Waals surface area contributed by atoms with E-state index in [1.165, 1.54) is 0 Å². The average molecular weight is 250 g/mol. The molecule has 0 fully saturated rings. The highest BCUT2D eigenvalue weighted by Gasteiger charge is 2.16. The third kappa shape index (κ3) is 4.40. The van der Waals surface area contributed by atoms with Crippen molar-refractivity contribution in [2.45, 2.75) is 39.7 Å². The molecule has 1 atom stereocenters. The van der Waals surface area contributed by atoms with E-state index in [-0.39, 0.29) is 12.1 Å². The number of hydrogen-bond acceptors (Lipinski definition) is 3. The van der Waals surface area contributed by atoms with Crippen LogP contribution in [0.5, 0.6) is 5.75 Å². The summed E-state index contributed by atoms with van der Waals surface area (Å²) in [6.45, 7) is 6.25. The molecule has 0 aliphatic heterocycles. The predicted octanol–water partition coefficient (Wildman–Crippen LogP) is 3.68. The van der Waals surface area contributed by atoms with Crippen LogP contribution in [0.4, 0.5) is 0 Å². The molecule has 0 spiro atoms. The highest BCUT2D eigenvalue weighted by atomic mass is 16.5. The van der Waals surface area contributed by atoms with Crippen molar-refractivity contribution in [3.8, 4) is 5.75 Å². The Morgan fingerprint density at radius 3 is 2.44 bits per heavy atom. The Bertz CT molecular complexity index is 385. The summed E-state index contributed by atoms with van der Waals surface area (Å²) in [5.74, 6) is 0.861. The van der Waals surface area contributed by atoms with Crippen LogP contribution in [0.1, 0.15) is 44.0 Å². The summed E-state index contributed by atoms with van der Waals surface area (Å²) in [6, 6.07) is 7.11. The van der Waals surface area contributed by atoms with Crippen LogP contribution in [-0.4, -0.2) is 19.2 Å². The minimum absolute atomic E-state index is 0.0650. The lowest BCUT2D eigenvalue weighted by molar-refractivity contribution is 0.0310. The Labute approximate surface area is 109 Å². The van der Waals surface area contributed by atoms with Gasteiger partial charge < -0.3 is 9.47 Å². The van der Waals surface area contributed by atoms with E-state index < -0.39 is 0 Å². The van der Waals surface area contributed by atoms with E-state index >= 15 is 0 Å². The van der Waals surface area contributed by atoms with E-state index in [0.717, 1.165) is 12.8 Å². The summed E-state index contributed by atoms with van der Waals surface area (Å²) in [4.78, 5) is 12.0. The second-order valence-electron chi connectivity index (χ2n) is 4.89. The number of benzene rings is 1. The zero-order valence-corrected chi connectivity index (χ0v) is 11.6. The van der Waals surface area contributed by atoms with Crippen molar-refractivity contribution >= 4 is 5.97 Å². The van der Waals surface area contributed by atoms with Gasteiger partial charge in [0.25, 0.3) is 0 Å². The molecular weight excluding hydrogens is 228 g/mol. The van der Waals surface area contributed by atoms with E-state index in [1.807, 2.05) is 13.0 Å². The molecule has 18 heavy (non-hydrogen) atoms. The van der Waals surface area contributed by atoms with Gasteiger partial charge in [-0.3, -0.25) is 0 Å². The van der Waals surface area contributed by atoms with Gasteiger partial charge >= 0.3 is 5.97 Å². The van der Waals surface area contributed by atoms with Gasteiger partial charge in [0.05, 0.1) is 13.2 Å². The van der Waals surface area contributed by atoms with Crippen molar-refractivity contribution in [1.82, 2.24) is 0 Å². The minimum atomic E-state index is -0.316. The van der Waals surface area contributed by atoms with Crippen LogP contribution in [0.2, 0.25) is 0 Å². The van der Waals surface area contributed by atoms with Gasteiger partial charge in [-0.05, 0) is 37.8 Å². The lowest BCUT2D eigenvalue weighted by Gasteiger charge is -2.15. The first kappa shape index (κ1) is 14.6. The van der Waals surface area contributed by atoms with Gasteiger partial charge in [0.15, 0.2) is 0 Å². The van der Waals surface area contributed by atoms with E-state index in [2.05, 4.69) is 13.8 Å². The molecule has 0 aliphatic carbocycles. The summed E-state index contributed by atoms with van der Waals surface area (Å²) in [7, 11) is 1.55. The van der Waals surface area contributed by atoms with Crippen LogP contribution in [0, 0.1) is 5.92 Å². The normalized spacial score (nSPS) is 12.3. The van der Waals surface area contributed by atoms with Crippen molar-refractivity contribution < 1.29 is 14.3 Å². The molecule has 0 aliphatic rings. The smallest absolute Gasteiger partial charge is 0.342 e. The first-order valence-corrected chi connectivity index (χ1v) is 6.38. The molecule has 0 bridgehead atoms. The quantitative estimate of drug-likeness (QED) is 0.722. The van der Waals surface area contributed by atoms with E-state index in [9.17, 15) is 4.79 Å². The van der Waals surface area contributed by atoms with Crippen molar-refractivity contribution in [2.24, 2.45) is 5.92 Å². The van der Waals surface area contributed by atoms with Crippen LogP contribution in [0.15, 0.2) is 24.3 Å². The standard InChI is InChI=1S/C15H22O3/c1-11(2)9-10-12(3)18-15(16)13-7-5-6-8-14(13)17-4/h5-8,11-12H,9-10H2,1-4H3. The molecule has 100 valence electrons. The van der Waals surface area contributed by atoms with Crippen LogP contribution in [-0.2, 0) is 4.74 Å². The predicted molar refractivity (Wildman–Crippen MR) is 71.9 cm³/mol. The number of methoxy groups -OCH3 is 1. The number of hydrogen-bond donors (Lipinski definition) is 0. The highest BCUT2D eigenvalue weighted by Crippen LogP contribution is 2.19. The molecule has 0 saturated heterocycles. The Balaban J connectivity index is 2.59. The SMILES string of the molecule is COc1ccccc1C(=O)OC(C)CCC(C)C. The Hall–Kier alpha value is -1.51. The third-order valence-electron chi connectivity index (χ3n) is 2.79. The fraction of sp³-hybridized carbons (Fsp3) is 0.533. The number of para-hydroxylation sites is 1. The topological polar surface area (TPSA) is 35.5 Å². The molecule has 1 aromatic rings. The summed E-state index contributed by atoms with van der Waals surface area (Å²) in [6.07, 6.45) is 1.88. The summed E-state index contributed by atoms with van der Waals surface area (Å²) in [5.41, 5.74) is 0.483. The minimum Gasteiger partial charge on any atom is -0.496 e. The molecule has 1 rings (SSSR count). The van der Waals surface area contributed by atoms with Gasteiger partial charge in [-0.1, -0.05) is 26.0 Å². The van der Waals surface area contributed by atoms with Crippen molar-refractivity contribution in [3.63, 3.8) is 0 Å². The largest absolute Gasteiger partial charge is 0.496 e. The fourth-order valence-corrected chi connectivity index (χ4v) is 1.69. The molecule has 1 unspecified atom stereocenters. The molecule has 0 aromatic heterocycles. The van der Waals surface area contributed by atoms with Crippen LogP contribution in [0.3, 0.4) is 0 Å². The Kier molecular flexibility index (Phi) is 5.69. The lowest BCUT2D eigenvalue weighted by Crippen LogP contribution is -2.16. The van der Waals surface area contributed by atoms with Gasteiger partial charge in [0, 0.05) is 0 Å².